The van der Waals surface area contributed by atoms with E-state index in [1.54, 1.807) is 12.1 Å². The molecule has 5 heteroatoms. The van der Waals surface area contributed by atoms with Crippen molar-refractivity contribution in [2.45, 2.75) is 38.7 Å². The van der Waals surface area contributed by atoms with Crippen LogP contribution < -0.4 is 0 Å². The van der Waals surface area contributed by atoms with E-state index in [4.69, 9.17) is 21.4 Å². The van der Waals surface area contributed by atoms with E-state index in [2.05, 4.69) is 0 Å². The average molecular weight is 285 g/mol. The second-order valence-electron chi connectivity index (χ2n) is 4.19. The summed E-state index contributed by atoms with van der Waals surface area (Å²) >= 11 is 5.80. The lowest BCUT2D eigenvalue weighted by atomic mass is 10.1. The number of aliphatic carboxylic acids is 1. The monoisotopic (exact) mass is 284 g/mol. The highest BCUT2D eigenvalue weighted by atomic mass is 35.5. The third-order valence-electron chi connectivity index (χ3n) is 2.66. The normalized spacial score (nSPS) is 11.9. The van der Waals surface area contributed by atoms with Crippen LogP contribution in [0.1, 0.15) is 44.3 Å². The van der Waals surface area contributed by atoms with Crippen LogP contribution in [0.5, 0.6) is 0 Å². The zero-order valence-electron chi connectivity index (χ0n) is 10.8. The van der Waals surface area contributed by atoms with Crippen molar-refractivity contribution in [1.29, 1.82) is 0 Å². The topological polar surface area (TPSA) is 63.6 Å². The summed E-state index contributed by atoms with van der Waals surface area (Å²) in [7, 11) is 0. The van der Waals surface area contributed by atoms with Crippen molar-refractivity contribution in [2.75, 3.05) is 0 Å². The van der Waals surface area contributed by atoms with Gasteiger partial charge in [-0.2, -0.15) is 0 Å². The van der Waals surface area contributed by atoms with Gasteiger partial charge in [-0.1, -0.05) is 30.7 Å². The summed E-state index contributed by atoms with van der Waals surface area (Å²) in [6.45, 7) is 1.92. The number of halogens is 1. The first kappa shape index (κ1) is 15.5. The molecule has 104 valence electrons. The van der Waals surface area contributed by atoms with Gasteiger partial charge in [0.1, 0.15) is 6.10 Å². The van der Waals surface area contributed by atoms with E-state index in [0.717, 1.165) is 5.56 Å². The van der Waals surface area contributed by atoms with Gasteiger partial charge in [0.25, 0.3) is 0 Å². The fourth-order valence-electron chi connectivity index (χ4n) is 1.67. The van der Waals surface area contributed by atoms with Gasteiger partial charge in [-0.05, 0) is 30.5 Å². The highest BCUT2D eigenvalue weighted by molar-refractivity contribution is 6.30. The van der Waals surface area contributed by atoms with E-state index < -0.39 is 5.97 Å². The van der Waals surface area contributed by atoms with Gasteiger partial charge in [0.2, 0.25) is 0 Å². The minimum Gasteiger partial charge on any atom is -0.481 e. The zero-order chi connectivity index (χ0) is 14.3. The molecular weight excluding hydrogens is 268 g/mol. The molecule has 0 saturated heterocycles. The van der Waals surface area contributed by atoms with Crippen molar-refractivity contribution in [3.05, 3.63) is 34.9 Å². The number of benzene rings is 1. The first-order valence-electron chi connectivity index (χ1n) is 6.19. The molecule has 0 aliphatic heterocycles. The molecule has 1 atom stereocenters. The lowest BCUT2D eigenvalue weighted by molar-refractivity contribution is -0.150. The van der Waals surface area contributed by atoms with Crippen molar-refractivity contribution < 1.29 is 19.4 Å². The predicted molar refractivity (Wildman–Crippen MR) is 72.1 cm³/mol. The smallest absolute Gasteiger partial charge is 0.306 e. The maximum absolute atomic E-state index is 11.6. The number of carbonyl (C=O) groups excluding carboxylic acids is 1. The Kier molecular flexibility index (Phi) is 6.36. The van der Waals surface area contributed by atoms with Crippen LogP contribution in [-0.2, 0) is 14.3 Å². The van der Waals surface area contributed by atoms with E-state index in [0.29, 0.717) is 17.9 Å². The van der Waals surface area contributed by atoms with Gasteiger partial charge in [0.05, 0.1) is 0 Å². The minimum absolute atomic E-state index is 0.0210. The van der Waals surface area contributed by atoms with Crippen LogP contribution in [0.15, 0.2) is 24.3 Å². The number of hydrogen-bond acceptors (Lipinski definition) is 3. The third kappa shape index (κ3) is 5.75. The Hall–Kier alpha value is -1.55. The second-order valence-corrected chi connectivity index (χ2v) is 4.62. The first-order chi connectivity index (χ1) is 9.02. The van der Waals surface area contributed by atoms with Crippen molar-refractivity contribution in [1.82, 2.24) is 0 Å². The lowest BCUT2D eigenvalue weighted by Crippen LogP contribution is -2.11. The Morgan fingerprint density at radius 1 is 1.26 bits per heavy atom. The van der Waals surface area contributed by atoms with Crippen molar-refractivity contribution in [3.8, 4) is 0 Å². The Morgan fingerprint density at radius 3 is 2.42 bits per heavy atom. The van der Waals surface area contributed by atoms with Gasteiger partial charge < -0.3 is 9.84 Å². The molecule has 0 amide bonds. The molecule has 0 aliphatic rings. The second kappa shape index (κ2) is 7.79. The summed E-state index contributed by atoms with van der Waals surface area (Å²) in [4.78, 5) is 21.9. The molecule has 0 aliphatic carbocycles. The quantitative estimate of drug-likeness (QED) is 0.777. The molecule has 0 bridgehead atoms. The van der Waals surface area contributed by atoms with E-state index >= 15 is 0 Å². The molecule has 0 saturated carbocycles. The summed E-state index contributed by atoms with van der Waals surface area (Å²) in [5.41, 5.74) is 0.887. The molecule has 1 N–H and O–H groups in total. The van der Waals surface area contributed by atoms with Crippen LogP contribution in [-0.4, -0.2) is 17.0 Å². The maximum atomic E-state index is 11.6. The molecule has 1 rings (SSSR count). The molecule has 1 aromatic rings. The van der Waals surface area contributed by atoms with E-state index in [-0.39, 0.29) is 24.9 Å². The largest absolute Gasteiger partial charge is 0.481 e. The highest BCUT2D eigenvalue weighted by Gasteiger charge is 2.15. The van der Waals surface area contributed by atoms with Gasteiger partial charge in [-0.15, -0.1) is 0 Å². The summed E-state index contributed by atoms with van der Waals surface area (Å²) in [5.74, 6) is -1.28. The molecule has 0 radical (unpaired) electrons. The first-order valence-corrected chi connectivity index (χ1v) is 6.57. The zero-order valence-corrected chi connectivity index (χ0v) is 11.5. The highest BCUT2D eigenvalue weighted by Crippen LogP contribution is 2.23. The van der Waals surface area contributed by atoms with Crippen molar-refractivity contribution in [3.63, 3.8) is 0 Å². The van der Waals surface area contributed by atoms with Crippen LogP contribution in [0.2, 0.25) is 5.02 Å². The molecule has 19 heavy (non-hydrogen) atoms. The van der Waals surface area contributed by atoms with Crippen LogP contribution in [0, 0.1) is 0 Å². The molecule has 1 aromatic carbocycles. The molecular formula is C14H17ClO4. The Morgan fingerprint density at radius 2 is 1.89 bits per heavy atom. The Labute approximate surface area is 117 Å². The molecule has 0 aromatic heterocycles. The number of rotatable bonds is 7. The number of carboxylic acids is 1. The third-order valence-corrected chi connectivity index (χ3v) is 2.91. The number of esters is 1. The van der Waals surface area contributed by atoms with Gasteiger partial charge in [-0.3, -0.25) is 9.59 Å². The number of hydrogen-bond donors (Lipinski definition) is 1. The van der Waals surface area contributed by atoms with Crippen molar-refractivity contribution >= 4 is 23.5 Å². The van der Waals surface area contributed by atoms with Crippen LogP contribution in [0.4, 0.5) is 0 Å². The van der Waals surface area contributed by atoms with E-state index in [1.165, 1.54) is 0 Å². The number of ether oxygens (including phenoxy) is 1. The maximum Gasteiger partial charge on any atom is 0.306 e. The fourth-order valence-corrected chi connectivity index (χ4v) is 1.79. The van der Waals surface area contributed by atoms with Gasteiger partial charge in [-0.25, -0.2) is 0 Å². The molecule has 0 spiro atoms. The molecule has 4 nitrogen and oxygen atoms in total. The van der Waals surface area contributed by atoms with Crippen molar-refractivity contribution in [2.24, 2.45) is 0 Å². The van der Waals surface area contributed by atoms with E-state index in [1.807, 2.05) is 19.1 Å². The summed E-state index contributed by atoms with van der Waals surface area (Å²) in [5, 5.41) is 9.12. The fraction of sp³-hybridized carbons (Fsp3) is 0.429. The van der Waals surface area contributed by atoms with Crippen LogP contribution >= 0.6 is 11.6 Å². The van der Waals surface area contributed by atoms with Gasteiger partial charge >= 0.3 is 11.9 Å². The molecule has 0 fully saturated rings. The summed E-state index contributed by atoms with van der Waals surface area (Å²) in [6.07, 6.45) is 0.746. The van der Waals surface area contributed by atoms with Gasteiger partial charge in [0.15, 0.2) is 0 Å². The average Bonchev–Trinajstić information content (AvgIpc) is 2.36. The Bertz CT molecular complexity index is 428. The number of carboxylic acid groups (broad SMARTS) is 1. The summed E-state index contributed by atoms with van der Waals surface area (Å²) in [6, 6.07) is 7.14. The van der Waals surface area contributed by atoms with Gasteiger partial charge in [0, 0.05) is 17.9 Å². The predicted octanol–water partition coefficient (Wildman–Crippen LogP) is 3.59. The SMILES string of the molecule is CCC(OC(=O)CCCC(=O)O)c1ccc(Cl)cc1. The minimum atomic E-state index is -0.905. The van der Waals surface area contributed by atoms with Crippen LogP contribution in [0.3, 0.4) is 0 Å². The standard InChI is InChI=1S/C14H17ClO4/c1-2-12(10-6-8-11(15)9-7-10)19-14(18)5-3-4-13(16)17/h6-9,12H,2-5H2,1H3,(H,16,17). The Balaban J connectivity index is 2.50. The number of carbonyl (C=O) groups is 2. The summed E-state index contributed by atoms with van der Waals surface area (Å²) < 4.78 is 5.33. The lowest BCUT2D eigenvalue weighted by Gasteiger charge is -2.16. The molecule has 0 heterocycles. The van der Waals surface area contributed by atoms with E-state index in [9.17, 15) is 9.59 Å². The van der Waals surface area contributed by atoms with Crippen LogP contribution in [0.25, 0.3) is 0 Å². The molecule has 1 unspecified atom stereocenters.